The molecular formula is C15H30. The Kier molecular flexibility index (Phi) is 4.67. The molecule has 1 aliphatic carbocycles. The molecule has 15 heavy (non-hydrogen) atoms. The van der Waals surface area contributed by atoms with Crippen molar-refractivity contribution in [3.63, 3.8) is 0 Å². The van der Waals surface area contributed by atoms with Crippen molar-refractivity contribution in [2.45, 2.75) is 60.8 Å². The lowest BCUT2D eigenvalue weighted by Gasteiger charge is -2.30. The maximum atomic E-state index is 2.49. The molecule has 1 rings (SSSR count). The first kappa shape index (κ1) is 13.1. The molecule has 0 heterocycles. The summed E-state index contributed by atoms with van der Waals surface area (Å²) in [6, 6.07) is 0. The van der Waals surface area contributed by atoms with Crippen LogP contribution in [0.2, 0.25) is 0 Å². The third kappa shape index (κ3) is 2.98. The first-order valence-electron chi connectivity index (χ1n) is 7.02. The van der Waals surface area contributed by atoms with Crippen LogP contribution in [0, 0.1) is 35.5 Å². The minimum atomic E-state index is 0.890. The quantitative estimate of drug-likeness (QED) is 0.579. The largest absolute Gasteiger partial charge is 0.0651 e. The molecule has 0 nitrogen and oxygen atoms in total. The van der Waals surface area contributed by atoms with Crippen molar-refractivity contribution < 1.29 is 0 Å². The van der Waals surface area contributed by atoms with Gasteiger partial charge in [-0.2, -0.15) is 0 Å². The highest BCUT2D eigenvalue weighted by molar-refractivity contribution is 4.91. The van der Waals surface area contributed by atoms with E-state index in [0.29, 0.717) is 0 Å². The van der Waals surface area contributed by atoms with E-state index < -0.39 is 0 Å². The third-order valence-corrected chi connectivity index (χ3v) is 5.38. The monoisotopic (exact) mass is 210 g/mol. The van der Waals surface area contributed by atoms with Crippen LogP contribution in [0.5, 0.6) is 0 Å². The van der Waals surface area contributed by atoms with Crippen LogP contribution in [0.15, 0.2) is 0 Å². The minimum absolute atomic E-state index is 0.890. The lowest BCUT2D eigenvalue weighted by molar-refractivity contribution is 0.187. The number of hydrogen-bond donors (Lipinski definition) is 0. The minimum Gasteiger partial charge on any atom is -0.0651 e. The zero-order chi connectivity index (χ0) is 11.6. The zero-order valence-electron chi connectivity index (χ0n) is 11.6. The molecule has 0 aromatic rings. The maximum Gasteiger partial charge on any atom is -0.0355 e. The standard InChI is InChI=1S/C15H30/c1-7-10(3)11(4)12(5)13(6)15-9-14(15)8-2/h10-15H,7-9H2,1-6H3. The molecule has 0 spiro atoms. The van der Waals surface area contributed by atoms with Gasteiger partial charge in [-0.05, 0) is 41.9 Å². The highest BCUT2D eigenvalue weighted by atomic mass is 14.5. The molecule has 0 aliphatic heterocycles. The van der Waals surface area contributed by atoms with Crippen LogP contribution in [-0.2, 0) is 0 Å². The molecule has 90 valence electrons. The van der Waals surface area contributed by atoms with Crippen LogP contribution in [0.3, 0.4) is 0 Å². The van der Waals surface area contributed by atoms with Gasteiger partial charge >= 0.3 is 0 Å². The van der Waals surface area contributed by atoms with E-state index in [1.165, 1.54) is 19.3 Å². The van der Waals surface area contributed by atoms with E-state index in [-0.39, 0.29) is 0 Å². The molecule has 0 radical (unpaired) electrons. The first-order valence-corrected chi connectivity index (χ1v) is 7.02. The fraction of sp³-hybridized carbons (Fsp3) is 1.00. The Hall–Kier alpha value is 0. The fourth-order valence-electron chi connectivity index (χ4n) is 3.14. The molecule has 0 aromatic heterocycles. The van der Waals surface area contributed by atoms with Crippen molar-refractivity contribution >= 4 is 0 Å². The third-order valence-electron chi connectivity index (χ3n) is 5.38. The molecular weight excluding hydrogens is 180 g/mol. The first-order chi connectivity index (χ1) is 7.02. The Balaban J connectivity index is 2.42. The van der Waals surface area contributed by atoms with Gasteiger partial charge in [-0.3, -0.25) is 0 Å². The van der Waals surface area contributed by atoms with Crippen molar-refractivity contribution in [2.24, 2.45) is 35.5 Å². The predicted molar refractivity (Wildman–Crippen MR) is 68.8 cm³/mol. The maximum absolute atomic E-state index is 2.49. The van der Waals surface area contributed by atoms with Gasteiger partial charge in [0, 0.05) is 0 Å². The molecule has 0 bridgehead atoms. The van der Waals surface area contributed by atoms with E-state index in [1.807, 2.05) is 0 Å². The average Bonchev–Trinajstić information content (AvgIpc) is 3.04. The second-order valence-corrected chi connectivity index (χ2v) is 6.03. The normalized spacial score (nSPS) is 33.2. The van der Waals surface area contributed by atoms with E-state index in [2.05, 4.69) is 41.5 Å². The SMILES string of the molecule is CCC(C)C(C)C(C)C(C)C1CC1CC. The van der Waals surface area contributed by atoms with Gasteiger partial charge in [0.05, 0.1) is 0 Å². The molecule has 0 amide bonds. The number of hydrogen-bond acceptors (Lipinski definition) is 0. The van der Waals surface area contributed by atoms with Crippen LogP contribution in [0.25, 0.3) is 0 Å². The van der Waals surface area contributed by atoms with E-state index in [4.69, 9.17) is 0 Å². The Morgan fingerprint density at radius 1 is 1.00 bits per heavy atom. The van der Waals surface area contributed by atoms with Crippen molar-refractivity contribution in [3.8, 4) is 0 Å². The van der Waals surface area contributed by atoms with Crippen molar-refractivity contribution in [1.29, 1.82) is 0 Å². The predicted octanol–water partition coefficient (Wildman–Crippen LogP) is 4.99. The van der Waals surface area contributed by atoms with Gasteiger partial charge in [0.2, 0.25) is 0 Å². The van der Waals surface area contributed by atoms with Crippen molar-refractivity contribution in [3.05, 3.63) is 0 Å². The van der Waals surface area contributed by atoms with Gasteiger partial charge in [0.25, 0.3) is 0 Å². The molecule has 0 aromatic carbocycles. The molecule has 1 aliphatic rings. The van der Waals surface area contributed by atoms with Gasteiger partial charge in [-0.15, -0.1) is 0 Å². The van der Waals surface area contributed by atoms with E-state index in [9.17, 15) is 0 Å². The average molecular weight is 210 g/mol. The van der Waals surface area contributed by atoms with E-state index in [1.54, 1.807) is 0 Å². The van der Waals surface area contributed by atoms with Crippen LogP contribution < -0.4 is 0 Å². The Bertz CT molecular complexity index is 184. The van der Waals surface area contributed by atoms with Gasteiger partial charge in [-0.1, -0.05) is 54.4 Å². The molecule has 6 atom stereocenters. The summed E-state index contributed by atoms with van der Waals surface area (Å²) in [5.41, 5.74) is 0. The topological polar surface area (TPSA) is 0 Å². The summed E-state index contributed by atoms with van der Waals surface area (Å²) in [5, 5.41) is 0. The molecule has 1 fully saturated rings. The molecule has 6 unspecified atom stereocenters. The van der Waals surface area contributed by atoms with Crippen molar-refractivity contribution in [1.82, 2.24) is 0 Å². The summed E-state index contributed by atoms with van der Waals surface area (Å²) in [4.78, 5) is 0. The molecule has 1 saturated carbocycles. The van der Waals surface area contributed by atoms with Gasteiger partial charge < -0.3 is 0 Å². The van der Waals surface area contributed by atoms with Gasteiger partial charge in [0.1, 0.15) is 0 Å². The summed E-state index contributed by atoms with van der Waals surface area (Å²) >= 11 is 0. The lowest BCUT2D eigenvalue weighted by atomic mass is 9.75. The number of rotatable bonds is 6. The molecule has 0 saturated heterocycles. The van der Waals surface area contributed by atoms with E-state index in [0.717, 1.165) is 35.5 Å². The Labute approximate surface area is 96.8 Å². The second-order valence-electron chi connectivity index (χ2n) is 6.03. The Morgan fingerprint density at radius 3 is 2.00 bits per heavy atom. The van der Waals surface area contributed by atoms with Gasteiger partial charge in [-0.25, -0.2) is 0 Å². The molecule has 0 N–H and O–H groups in total. The highest BCUT2D eigenvalue weighted by Crippen LogP contribution is 2.50. The lowest BCUT2D eigenvalue weighted by Crippen LogP contribution is -2.23. The summed E-state index contributed by atoms with van der Waals surface area (Å²) in [6.45, 7) is 14.5. The zero-order valence-corrected chi connectivity index (χ0v) is 11.6. The second kappa shape index (κ2) is 5.37. The summed E-state index contributed by atoms with van der Waals surface area (Å²) < 4.78 is 0. The van der Waals surface area contributed by atoms with E-state index >= 15 is 0 Å². The van der Waals surface area contributed by atoms with Gasteiger partial charge in [0.15, 0.2) is 0 Å². The van der Waals surface area contributed by atoms with Crippen molar-refractivity contribution in [2.75, 3.05) is 0 Å². The fourth-order valence-corrected chi connectivity index (χ4v) is 3.14. The van der Waals surface area contributed by atoms with Crippen LogP contribution in [0.4, 0.5) is 0 Å². The smallest absolute Gasteiger partial charge is 0.0355 e. The molecule has 0 heteroatoms. The highest BCUT2D eigenvalue weighted by Gasteiger charge is 2.42. The van der Waals surface area contributed by atoms with Crippen LogP contribution >= 0.6 is 0 Å². The summed E-state index contributed by atoms with van der Waals surface area (Å²) in [7, 11) is 0. The summed E-state index contributed by atoms with van der Waals surface area (Å²) in [6.07, 6.45) is 4.24. The van der Waals surface area contributed by atoms with Crippen LogP contribution in [-0.4, -0.2) is 0 Å². The van der Waals surface area contributed by atoms with Crippen LogP contribution in [0.1, 0.15) is 60.8 Å². The summed E-state index contributed by atoms with van der Waals surface area (Å²) in [5.74, 6) is 5.74. The Morgan fingerprint density at radius 2 is 1.60 bits per heavy atom.